The van der Waals surface area contributed by atoms with Gasteiger partial charge in [0.2, 0.25) is 0 Å². The molecule has 0 heterocycles. The minimum Gasteiger partial charge on any atom is -0.473 e. The van der Waals surface area contributed by atoms with Gasteiger partial charge in [0.05, 0.1) is 6.61 Å². The highest BCUT2D eigenvalue weighted by Crippen LogP contribution is 1.87. The normalized spacial score (nSPS) is 8.73. The Hall–Kier alpha value is -1.39. The zero-order valence-electron chi connectivity index (χ0n) is 5.78. The van der Waals surface area contributed by atoms with Crippen molar-refractivity contribution in [2.24, 2.45) is 0 Å². The molecule has 1 N–H and O–H groups in total. The van der Waals surface area contributed by atoms with E-state index >= 15 is 0 Å². The van der Waals surface area contributed by atoms with Crippen molar-refractivity contribution in [1.29, 1.82) is 0 Å². The van der Waals surface area contributed by atoms with Crippen LogP contribution in [0.2, 0.25) is 0 Å². The summed E-state index contributed by atoms with van der Waals surface area (Å²) in [6, 6.07) is 0. The smallest absolute Gasteiger partial charge is 0.417 e. The van der Waals surface area contributed by atoms with Crippen LogP contribution >= 0.6 is 0 Å². The fraction of sp³-hybridized carbons (Fsp3) is 0.500. The summed E-state index contributed by atoms with van der Waals surface area (Å²) >= 11 is 0. The van der Waals surface area contributed by atoms with Gasteiger partial charge in [-0.1, -0.05) is 0 Å². The molecule has 0 amide bonds. The van der Waals surface area contributed by atoms with E-state index in [0.29, 0.717) is 12.7 Å². The lowest BCUT2D eigenvalue weighted by molar-refractivity contribution is -0.163. The highest BCUT2D eigenvalue weighted by atomic mass is 16.6. The maximum atomic E-state index is 10.2. The summed E-state index contributed by atoms with van der Waals surface area (Å²) in [5.41, 5.74) is 0. The van der Waals surface area contributed by atoms with Gasteiger partial charge in [-0.3, -0.25) is 0 Å². The molecule has 0 aliphatic heterocycles. The van der Waals surface area contributed by atoms with Crippen LogP contribution in [0.25, 0.3) is 0 Å². The van der Waals surface area contributed by atoms with E-state index in [1.807, 2.05) is 0 Å². The standard InChI is InChI=1S/C6H8O5/c7-3-1-2-4-11-6(10)5(8)9/h3H,1-2,4H2,(H,8,9). The third kappa shape index (κ3) is 5.07. The highest BCUT2D eigenvalue weighted by Gasteiger charge is 2.11. The van der Waals surface area contributed by atoms with Gasteiger partial charge in [0.15, 0.2) is 0 Å². The van der Waals surface area contributed by atoms with E-state index in [2.05, 4.69) is 4.74 Å². The van der Waals surface area contributed by atoms with Gasteiger partial charge in [-0.25, -0.2) is 9.59 Å². The third-order valence-electron chi connectivity index (χ3n) is 0.874. The first-order chi connectivity index (χ1) is 5.18. The molecule has 0 rings (SSSR count). The van der Waals surface area contributed by atoms with Crippen molar-refractivity contribution in [2.45, 2.75) is 12.8 Å². The molecule has 11 heavy (non-hydrogen) atoms. The largest absolute Gasteiger partial charge is 0.473 e. The zero-order valence-corrected chi connectivity index (χ0v) is 5.78. The van der Waals surface area contributed by atoms with E-state index in [1.54, 1.807) is 0 Å². The summed E-state index contributed by atoms with van der Waals surface area (Å²) in [6.07, 6.45) is 1.31. The number of aliphatic carboxylic acids is 1. The van der Waals surface area contributed by atoms with Crippen LogP contribution < -0.4 is 0 Å². The Morgan fingerprint density at radius 1 is 1.45 bits per heavy atom. The summed E-state index contributed by atoms with van der Waals surface area (Å²) in [5, 5.41) is 7.99. The number of aldehydes is 1. The lowest BCUT2D eigenvalue weighted by Gasteiger charge is -1.97. The number of unbranched alkanes of at least 4 members (excludes halogenated alkanes) is 1. The number of carbonyl (C=O) groups excluding carboxylic acids is 2. The number of hydrogen-bond donors (Lipinski definition) is 1. The number of ether oxygens (including phenoxy) is 1. The number of carbonyl (C=O) groups is 3. The maximum Gasteiger partial charge on any atom is 0.417 e. The minimum absolute atomic E-state index is 0.0239. The Balaban J connectivity index is 3.31. The SMILES string of the molecule is O=CCCCOC(=O)C(=O)O. The monoisotopic (exact) mass is 160 g/mol. The van der Waals surface area contributed by atoms with Crippen molar-refractivity contribution < 1.29 is 24.2 Å². The average molecular weight is 160 g/mol. The van der Waals surface area contributed by atoms with E-state index in [-0.39, 0.29) is 13.0 Å². The topological polar surface area (TPSA) is 80.7 Å². The highest BCUT2D eigenvalue weighted by molar-refractivity contribution is 6.28. The number of rotatable bonds is 4. The molecule has 0 unspecified atom stereocenters. The fourth-order valence-corrected chi connectivity index (χ4v) is 0.393. The minimum atomic E-state index is -1.61. The van der Waals surface area contributed by atoms with Gasteiger partial charge in [-0.05, 0) is 6.42 Å². The summed E-state index contributed by atoms with van der Waals surface area (Å²) in [7, 11) is 0. The molecule has 5 nitrogen and oxygen atoms in total. The lowest BCUT2D eigenvalue weighted by Crippen LogP contribution is -2.16. The third-order valence-corrected chi connectivity index (χ3v) is 0.874. The second-order valence-corrected chi connectivity index (χ2v) is 1.75. The summed E-state index contributed by atoms with van der Waals surface area (Å²) in [6.45, 7) is -0.0239. The Morgan fingerprint density at radius 3 is 2.55 bits per heavy atom. The van der Waals surface area contributed by atoms with E-state index in [1.165, 1.54) is 0 Å². The predicted octanol–water partition coefficient (Wildman–Crippen LogP) is -0.407. The second kappa shape index (κ2) is 5.40. The zero-order chi connectivity index (χ0) is 8.69. The van der Waals surface area contributed by atoms with Gasteiger partial charge < -0.3 is 14.6 Å². The van der Waals surface area contributed by atoms with E-state index in [0.717, 1.165) is 0 Å². The number of hydrogen-bond acceptors (Lipinski definition) is 4. The van der Waals surface area contributed by atoms with Crippen molar-refractivity contribution in [3.05, 3.63) is 0 Å². The first-order valence-electron chi connectivity index (χ1n) is 3.02. The van der Waals surface area contributed by atoms with Crippen molar-refractivity contribution in [3.8, 4) is 0 Å². The molecule has 5 heteroatoms. The van der Waals surface area contributed by atoms with E-state index in [9.17, 15) is 14.4 Å². The van der Waals surface area contributed by atoms with Crippen LogP contribution in [0, 0.1) is 0 Å². The molecule has 0 fully saturated rings. The van der Waals surface area contributed by atoms with Crippen molar-refractivity contribution in [3.63, 3.8) is 0 Å². The van der Waals surface area contributed by atoms with Crippen LogP contribution in [0.1, 0.15) is 12.8 Å². The van der Waals surface area contributed by atoms with Crippen LogP contribution in [0.15, 0.2) is 0 Å². The Kier molecular flexibility index (Phi) is 4.72. The quantitative estimate of drug-likeness (QED) is 0.262. The molecule has 0 radical (unpaired) electrons. The van der Waals surface area contributed by atoms with Gasteiger partial charge >= 0.3 is 11.9 Å². The molecule has 0 saturated heterocycles. The Morgan fingerprint density at radius 2 is 2.09 bits per heavy atom. The molecule has 0 aliphatic rings. The van der Waals surface area contributed by atoms with Gasteiger partial charge in [0, 0.05) is 6.42 Å². The summed E-state index contributed by atoms with van der Waals surface area (Å²) < 4.78 is 4.21. The molecular formula is C6H8O5. The van der Waals surface area contributed by atoms with Crippen LogP contribution in [0.5, 0.6) is 0 Å². The van der Waals surface area contributed by atoms with E-state index in [4.69, 9.17) is 5.11 Å². The molecule has 0 aromatic rings. The van der Waals surface area contributed by atoms with Crippen LogP contribution in [-0.4, -0.2) is 29.9 Å². The van der Waals surface area contributed by atoms with Crippen LogP contribution in [0.4, 0.5) is 0 Å². The second-order valence-electron chi connectivity index (χ2n) is 1.75. The Labute approximate surface area is 63.0 Å². The lowest BCUT2D eigenvalue weighted by atomic mass is 10.3. The van der Waals surface area contributed by atoms with Gasteiger partial charge in [-0.15, -0.1) is 0 Å². The predicted molar refractivity (Wildman–Crippen MR) is 33.9 cm³/mol. The van der Waals surface area contributed by atoms with Crippen molar-refractivity contribution in [1.82, 2.24) is 0 Å². The van der Waals surface area contributed by atoms with Gasteiger partial charge in [0.1, 0.15) is 6.29 Å². The first kappa shape index (κ1) is 9.61. The molecule has 0 aromatic heterocycles. The van der Waals surface area contributed by atoms with Gasteiger partial charge in [0.25, 0.3) is 0 Å². The molecule has 0 aliphatic carbocycles. The van der Waals surface area contributed by atoms with Gasteiger partial charge in [-0.2, -0.15) is 0 Å². The first-order valence-corrected chi connectivity index (χ1v) is 3.02. The molecule has 0 saturated carbocycles. The molecule has 0 spiro atoms. The maximum absolute atomic E-state index is 10.2. The molecule has 0 bridgehead atoms. The summed E-state index contributed by atoms with van der Waals surface area (Å²) in [5.74, 6) is -2.90. The van der Waals surface area contributed by atoms with Crippen LogP contribution in [-0.2, 0) is 19.1 Å². The molecular weight excluding hydrogens is 152 g/mol. The van der Waals surface area contributed by atoms with Crippen molar-refractivity contribution >= 4 is 18.2 Å². The number of carboxylic acids is 1. The van der Waals surface area contributed by atoms with E-state index < -0.39 is 11.9 Å². The Bertz CT molecular complexity index is 162. The number of carboxylic acid groups (broad SMARTS) is 1. The molecule has 0 aromatic carbocycles. The van der Waals surface area contributed by atoms with Crippen molar-refractivity contribution in [2.75, 3.05) is 6.61 Å². The fourth-order valence-electron chi connectivity index (χ4n) is 0.393. The number of esters is 1. The summed E-state index contributed by atoms with van der Waals surface area (Å²) in [4.78, 5) is 29.7. The average Bonchev–Trinajstić information content (AvgIpc) is 1.97. The molecule has 62 valence electrons. The molecule has 0 atom stereocenters. The van der Waals surface area contributed by atoms with Crippen LogP contribution in [0.3, 0.4) is 0 Å².